The second-order valence-corrected chi connectivity index (χ2v) is 6.83. The number of halogens is 2. The summed E-state index contributed by atoms with van der Waals surface area (Å²) in [4.78, 5) is 18.8. The Bertz CT molecular complexity index is 895. The minimum Gasteiger partial charge on any atom is -0.357 e. The van der Waals surface area contributed by atoms with Crippen molar-refractivity contribution in [2.24, 2.45) is 4.99 Å². The highest BCUT2D eigenvalue weighted by Crippen LogP contribution is 2.16. The van der Waals surface area contributed by atoms with Gasteiger partial charge in [0.15, 0.2) is 5.96 Å². The first-order chi connectivity index (χ1) is 13.7. The van der Waals surface area contributed by atoms with Gasteiger partial charge in [-0.25, -0.2) is 9.97 Å². The van der Waals surface area contributed by atoms with E-state index >= 15 is 0 Å². The number of H-pyrrole nitrogens is 1. The van der Waals surface area contributed by atoms with Crippen LogP contribution in [0.3, 0.4) is 0 Å². The molecule has 154 valence electrons. The summed E-state index contributed by atoms with van der Waals surface area (Å²) in [5.41, 5.74) is 3.26. The molecule has 3 rings (SSSR count). The average molecular weight is 525 g/mol. The van der Waals surface area contributed by atoms with Gasteiger partial charge in [0.05, 0.1) is 18.4 Å². The number of guanidine groups is 1. The van der Waals surface area contributed by atoms with E-state index in [2.05, 4.69) is 44.2 Å². The standard InChI is InChI=1S/C21H25ClN6.HI/c1-3-23-21(24-12-11-16-9-10-19(22)25-13-16)28(2)15-20-26-14-18(27-20)17-7-5-4-6-8-17;/h4-10,13-14H,3,11-12,15H2,1-2H3,(H,23,24)(H,26,27);1H. The molecule has 0 atom stereocenters. The normalized spacial score (nSPS) is 11.1. The van der Waals surface area contributed by atoms with Crippen molar-refractivity contribution in [3.63, 3.8) is 0 Å². The van der Waals surface area contributed by atoms with Crippen LogP contribution in [0.25, 0.3) is 11.3 Å². The maximum Gasteiger partial charge on any atom is 0.194 e. The number of benzene rings is 1. The van der Waals surface area contributed by atoms with Crippen LogP contribution in [-0.4, -0.2) is 45.9 Å². The van der Waals surface area contributed by atoms with Crippen LogP contribution in [-0.2, 0) is 13.0 Å². The van der Waals surface area contributed by atoms with E-state index < -0.39 is 0 Å². The van der Waals surface area contributed by atoms with Crippen molar-refractivity contribution in [1.29, 1.82) is 0 Å². The second kappa shape index (κ2) is 11.8. The van der Waals surface area contributed by atoms with Crippen molar-refractivity contribution in [1.82, 2.24) is 25.2 Å². The molecule has 0 radical (unpaired) electrons. The first-order valence-corrected chi connectivity index (χ1v) is 9.72. The minimum absolute atomic E-state index is 0. The molecule has 6 nitrogen and oxygen atoms in total. The molecule has 0 bridgehead atoms. The second-order valence-electron chi connectivity index (χ2n) is 6.44. The number of pyridine rings is 1. The molecule has 0 amide bonds. The predicted molar refractivity (Wildman–Crippen MR) is 130 cm³/mol. The highest BCUT2D eigenvalue weighted by Gasteiger charge is 2.10. The number of aromatic nitrogens is 3. The summed E-state index contributed by atoms with van der Waals surface area (Å²) in [5.74, 6) is 1.75. The molecule has 0 aliphatic heterocycles. The summed E-state index contributed by atoms with van der Waals surface area (Å²) in [6.45, 7) is 4.18. The Hall–Kier alpha value is -2.13. The minimum atomic E-state index is 0. The molecule has 0 saturated carbocycles. The van der Waals surface area contributed by atoms with Gasteiger partial charge >= 0.3 is 0 Å². The average Bonchev–Trinajstić information content (AvgIpc) is 3.18. The number of aliphatic imine (C=N–C) groups is 1. The van der Waals surface area contributed by atoms with E-state index in [1.165, 1.54) is 0 Å². The van der Waals surface area contributed by atoms with Gasteiger partial charge in [-0.05, 0) is 30.5 Å². The van der Waals surface area contributed by atoms with E-state index in [-0.39, 0.29) is 24.0 Å². The van der Waals surface area contributed by atoms with Gasteiger partial charge in [0, 0.05) is 26.3 Å². The summed E-state index contributed by atoms with van der Waals surface area (Å²) in [6.07, 6.45) is 4.48. The number of rotatable bonds is 7. The Labute approximate surface area is 193 Å². The highest BCUT2D eigenvalue weighted by atomic mass is 127. The van der Waals surface area contributed by atoms with Gasteiger partial charge in [-0.1, -0.05) is 48.0 Å². The molecule has 8 heteroatoms. The van der Waals surface area contributed by atoms with Gasteiger partial charge in [-0.2, -0.15) is 0 Å². The van der Waals surface area contributed by atoms with Crippen molar-refractivity contribution in [2.45, 2.75) is 19.9 Å². The monoisotopic (exact) mass is 524 g/mol. The summed E-state index contributed by atoms with van der Waals surface area (Å²) in [7, 11) is 2.01. The van der Waals surface area contributed by atoms with Crippen LogP contribution in [0.15, 0.2) is 59.9 Å². The van der Waals surface area contributed by atoms with Gasteiger partial charge in [-0.15, -0.1) is 24.0 Å². The number of hydrogen-bond acceptors (Lipinski definition) is 3. The van der Waals surface area contributed by atoms with Crippen LogP contribution in [0.1, 0.15) is 18.3 Å². The number of nitrogens with one attached hydrogen (secondary N) is 2. The van der Waals surface area contributed by atoms with Crippen LogP contribution in [0.5, 0.6) is 0 Å². The molecule has 0 spiro atoms. The van der Waals surface area contributed by atoms with Gasteiger partial charge < -0.3 is 15.2 Å². The fourth-order valence-electron chi connectivity index (χ4n) is 2.82. The molecule has 2 aromatic heterocycles. The highest BCUT2D eigenvalue weighted by molar-refractivity contribution is 14.0. The summed E-state index contributed by atoms with van der Waals surface area (Å²) >= 11 is 5.83. The third-order valence-electron chi connectivity index (χ3n) is 4.25. The lowest BCUT2D eigenvalue weighted by Crippen LogP contribution is -2.38. The third kappa shape index (κ3) is 7.01. The zero-order valence-corrected chi connectivity index (χ0v) is 19.7. The van der Waals surface area contributed by atoms with Gasteiger partial charge in [0.25, 0.3) is 0 Å². The molecule has 2 heterocycles. The van der Waals surface area contributed by atoms with E-state index in [0.29, 0.717) is 18.2 Å². The topological polar surface area (TPSA) is 69.2 Å². The molecule has 29 heavy (non-hydrogen) atoms. The molecule has 0 aliphatic carbocycles. The lowest BCUT2D eigenvalue weighted by Gasteiger charge is -2.21. The van der Waals surface area contributed by atoms with Crippen LogP contribution in [0, 0.1) is 0 Å². The van der Waals surface area contributed by atoms with E-state index in [0.717, 1.165) is 41.6 Å². The SMILES string of the molecule is CCNC(=NCCc1ccc(Cl)nc1)N(C)Cc1ncc(-c2ccccc2)[nH]1.I. The maximum atomic E-state index is 5.83. The Morgan fingerprint density at radius 1 is 1.14 bits per heavy atom. The third-order valence-corrected chi connectivity index (χ3v) is 4.47. The Morgan fingerprint density at radius 3 is 2.62 bits per heavy atom. The molecule has 2 N–H and O–H groups in total. The van der Waals surface area contributed by atoms with Crippen molar-refractivity contribution < 1.29 is 0 Å². The smallest absolute Gasteiger partial charge is 0.194 e. The van der Waals surface area contributed by atoms with E-state index in [1.54, 1.807) is 12.3 Å². The lowest BCUT2D eigenvalue weighted by molar-refractivity contribution is 0.464. The lowest BCUT2D eigenvalue weighted by atomic mass is 10.2. The number of imidazole rings is 1. The van der Waals surface area contributed by atoms with E-state index in [1.807, 2.05) is 37.5 Å². The molecular weight excluding hydrogens is 499 g/mol. The molecule has 0 fully saturated rings. The number of hydrogen-bond donors (Lipinski definition) is 2. The Morgan fingerprint density at radius 2 is 1.93 bits per heavy atom. The summed E-state index contributed by atoms with van der Waals surface area (Å²) in [6, 6.07) is 14.0. The Kier molecular flexibility index (Phi) is 9.40. The van der Waals surface area contributed by atoms with E-state index in [4.69, 9.17) is 16.6 Å². The van der Waals surface area contributed by atoms with Crippen molar-refractivity contribution in [3.05, 3.63) is 71.4 Å². The fourth-order valence-corrected chi connectivity index (χ4v) is 2.93. The van der Waals surface area contributed by atoms with Gasteiger partial charge in [0.1, 0.15) is 11.0 Å². The van der Waals surface area contributed by atoms with Crippen molar-refractivity contribution in [3.8, 4) is 11.3 Å². The zero-order chi connectivity index (χ0) is 19.8. The van der Waals surface area contributed by atoms with Crippen LogP contribution in [0.4, 0.5) is 0 Å². The first-order valence-electron chi connectivity index (χ1n) is 9.35. The van der Waals surface area contributed by atoms with Crippen LogP contribution < -0.4 is 5.32 Å². The largest absolute Gasteiger partial charge is 0.357 e. The summed E-state index contributed by atoms with van der Waals surface area (Å²) in [5, 5.41) is 3.84. The first kappa shape index (κ1) is 23.2. The van der Waals surface area contributed by atoms with E-state index in [9.17, 15) is 0 Å². The number of aromatic amines is 1. The quantitative estimate of drug-likeness (QED) is 0.208. The molecule has 3 aromatic rings. The number of nitrogens with zero attached hydrogens (tertiary/aromatic N) is 4. The van der Waals surface area contributed by atoms with Gasteiger partial charge in [0.2, 0.25) is 0 Å². The van der Waals surface area contributed by atoms with Crippen molar-refractivity contribution in [2.75, 3.05) is 20.1 Å². The molecule has 0 saturated heterocycles. The molecule has 0 aliphatic rings. The fraction of sp³-hybridized carbons (Fsp3) is 0.286. The molecule has 1 aromatic carbocycles. The predicted octanol–water partition coefficient (Wildman–Crippen LogP) is 4.38. The van der Waals surface area contributed by atoms with Crippen LogP contribution in [0.2, 0.25) is 5.15 Å². The Balaban J connectivity index is 0.00000300. The van der Waals surface area contributed by atoms with Crippen LogP contribution >= 0.6 is 35.6 Å². The van der Waals surface area contributed by atoms with Gasteiger partial charge in [-0.3, -0.25) is 4.99 Å². The van der Waals surface area contributed by atoms with Crippen molar-refractivity contribution >= 4 is 41.5 Å². The maximum absolute atomic E-state index is 5.83. The molecule has 0 unspecified atom stereocenters. The summed E-state index contributed by atoms with van der Waals surface area (Å²) < 4.78 is 0. The zero-order valence-electron chi connectivity index (χ0n) is 16.6. The molecular formula is C21H26ClIN6.